The number of aromatic nitrogens is 1. The number of aryl methyl sites for hydroxylation is 2. The largest absolute Gasteiger partial charge is 0.389 e. The van der Waals surface area contributed by atoms with E-state index in [0.717, 1.165) is 76.3 Å². The molecule has 1 aromatic heterocycles. The summed E-state index contributed by atoms with van der Waals surface area (Å²) < 4.78 is 13.8. The van der Waals surface area contributed by atoms with Crippen LogP contribution in [0, 0.1) is 18.2 Å². The lowest BCUT2D eigenvalue weighted by Gasteiger charge is -2.18. The smallest absolute Gasteiger partial charge is 0.124 e. The Labute approximate surface area is 230 Å². The molecule has 2 aromatic carbocycles. The highest BCUT2D eigenvalue weighted by Gasteiger charge is 2.17. The van der Waals surface area contributed by atoms with Crippen molar-refractivity contribution in [3.63, 3.8) is 0 Å². The predicted molar refractivity (Wildman–Crippen MR) is 159 cm³/mol. The fraction of sp³-hybridized carbons (Fsp3) is 0.250. The van der Waals surface area contributed by atoms with Crippen molar-refractivity contribution in [2.24, 2.45) is 0 Å². The molecule has 0 unspecified atom stereocenters. The van der Waals surface area contributed by atoms with Gasteiger partial charge in [-0.1, -0.05) is 55.4 Å². The number of hydrogen-bond donors (Lipinski definition) is 3. The predicted octanol–water partition coefficient (Wildman–Crippen LogP) is 7.36. The number of nitrogens with one attached hydrogen (secondary N) is 3. The van der Waals surface area contributed by atoms with Gasteiger partial charge in [0.25, 0.3) is 0 Å². The molecule has 0 radical (unpaired) electrons. The van der Waals surface area contributed by atoms with Crippen LogP contribution in [-0.4, -0.2) is 31.3 Å². The van der Waals surface area contributed by atoms with Gasteiger partial charge in [-0.15, -0.1) is 0 Å². The van der Waals surface area contributed by atoms with E-state index in [-0.39, 0.29) is 5.82 Å². The molecule has 38 heavy (non-hydrogen) atoms. The maximum atomic E-state index is 13.8. The van der Waals surface area contributed by atoms with Crippen LogP contribution in [0.3, 0.4) is 0 Å². The third-order valence-electron chi connectivity index (χ3n) is 6.44. The number of likely N-dealkylation sites (N-methyl/N-ethyl adjacent to an activating group) is 1. The number of nitrogens with zero attached hydrogens (tertiary/aromatic N) is 1. The highest BCUT2D eigenvalue weighted by Crippen LogP contribution is 2.37. The van der Waals surface area contributed by atoms with E-state index in [1.54, 1.807) is 6.07 Å². The lowest BCUT2D eigenvalue weighted by Crippen LogP contribution is -2.16. The van der Waals surface area contributed by atoms with Crippen molar-refractivity contribution in [2.75, 3.05) is 20.1 Å². The van der Waals surface area contributed by atoms with Crippen LogP contribution in [0.2, 0.25) is 5.02 Å². The fourth-order valence-corrected chi connectivity index (χ4v) is 4.57. The Hall–Kier alpha value is -3.54. The highest BCUT2D eigenvalue weighted by molar-refractivity contribution is 6.32. The summed E-state index contributed by atoms with van der Waals surface area (Å²) in [6, 6.07) is 14.8. The van der Waals surface area contributed by atoms with Crippen molar-refractivity contribution >= 4 is 29.0 Å². The third-order valence-corrected chi connectivity index (χ3v) is 6.75. The molecule has 0 aliphatic carbocycles. The summed E-state index contributed by atoms with van der Waals surface area (Å²) in [4.78, 5) is 4.77. The normalized spacial score (nSPS) is 11.9. The van der Waals surface area contributed by atoms with Crippen LogP contribution < -0.4 is 10.6 Å². The van der Waals surface area contributed by atoms with Crippen molar-refractivity contribution in [3.05, 3.63) is 124 Å². The summed E-state index contributed by atoms with van der Waals surface area (Å²) >= 11 is 6.51. The maximum Gasteiger partial charge on any atom is 0.124 e. The van der Waals surface area contributed by atoms with E-state index < -0.39 is 0 Å². The first kappa shape index (κ1) is 29.0. The van der Waals surface area contributed by atoms with Crippen molar-refractivity contribution in [2.45, 2.75) is 33.1 Å². The molecule has 0 atom stereocenters. The first-order valence-corrected chi connectivity index (χ1v) is 13.2. The van der Waals surface area contributed by atoms with Gasteiger partial charge in [0, 0.05) is 43.0 Å². The Bertz CT molecular complexity index is 1330. The average molecular weight is 531 g/mol. The summed E-state index contributed by atoms with van der Waals surface area (Å²) in [5, 5.41) is 14.6. The minimum Gasteiger partial charge on any atom is -0.389 e. The monoisotopic (exact) mass is 530 g/mol. The molecule has 0 saturated carbocycles. The van der Waals surface area contributed by atoms with E-state index in [1.165, 1.54) is 18.3 Å². The molecule has 0 bridgehead atoms. The molecule has 0 aliphatic heterocycles. The second-order valence-electron chi connectivity index (χ2n) is 9.07. The van der Waals surface area contributed by atoms with Crippen molar-refractivity contribution in [1.82, 2.24) is 15.6 Å². The molecule has 3 rings (SSSR count). The number of rotatable bonds is 13. The molecular formula is C32H36ClFN4. The number of pyridine rings is 1. The standard InChI is InChI=1S/C32H36ClFN4/c1-5-29(30-15-13-27(34)19-31(30)33)32(24-11-10-22(2)26(18-24)20-35)25-12-14-28(38-21-25)9-7-17-37-16-6-8-23(3)36-4/h6,8,10-15,18-21,35-37H,3,5,7,9,16-17H2,1-2,4H3/b8-6+,32-29-,35-20?. The first-order valence-electron chi connectivity index (χ1n) is 12.9. The molecule has 0 amide bonds. The summed E-state index contributed by atoms with van der Waals surface area (Å²) in [6.45, 7) is 9.62. The van der Waals surface area contributed by atoms with Crippen molar-refractivity contribution in [1.29, 1.82) is 5.41 Å². The summed E-state index contributed by atoms with van der Waals surface area (Å²) in [7, 11) is 1.85. The van der Waals surface area contributed by atoms with Gasteiger partial charge in [0.2, 0.25) is 0 Å². The number of hydrogen-bond acceptors (Lipinski definition) is 4. The Kier molecular flexibility index (Phi) is 11.0. The van der Waals surface area contributed by atoms with Gasteiger partial charge < -0.3 is 16.0 Å². The van der Waals surface area contributed by atoms with E-state index in [0.29, 0.717) is 11.4 Å². The Morgan fingerprint density at radius 2 is 1.92 bits per heavy atom. The molecule has 0 aliphatic rings. The number of allylic oxidation sites excluding steroid dienone is 2. The van der Waals surface area contributed by atoms with Crippen LogP contribution in [-0.2, 0) is 6.42 Å². The Morgan fingerprint density at radius 3 is 2.58 bits per heavy atom. The second kappa shape index (κ2) is 14.4. The van der Waals surface area contributed by atoms with Gasteiger partial charge in [0.05, 0.1) is 5.02 Å². The molecule has 6 heteroatoms. The first-order chi connectivity index (χ1) is 18.4. The zero-order chi connectivity index (χ0) is 27.5. The SMILES string of the molecule is C=C(/C=C/CNCCCc1ccc(/C(=C(/CC)c2ccc(F)cc2Cl)c2ccc(C)c(C=N)c2)cn1)NC. The van der Waals surface area contributed by atoms with Gasteiger partial charge in [0.1, 0.15) is 5.82 Å². The molecule has 3 aromatic rings. The average Bonchev–Trinajstić information content (AvgIpc) is 2.92. The molecule has 3 N–H and O–H groups in total. The minimum absolute atomic E-state index is 0.364. The Morgan fingerprint density at radius 1 is 1.13 bits per heavy atom. The van der Waals surface area contributed by atoms with Gasteiger partial charge in [-0.2, -0.15) is 0 Å². The quantitative estimate of drug-likeness (QED) is 0.0936. The summed E-state index contributed by atoms with van der Waals surface area (Å²) in [5.41, 5.74) is 8.51. The van der Waals surface area contributed by atoms with E-state index in [2.05, 4.69) is 42.3 Å². The highest BCUT2D eigenvalue weighted by atomic mass is 35.5. The van der Waals surface area contributed by atoms with Crippen molar-refractivity contribution in [3.8, 4) is 0 Å². The van der Waals surface area contributed by atoms with Crippen LogP contribution in [0.4, 0.5) is 4.39 Å². The van der Waals surface area contributed by atoms with E-state index in [1.807, 2.05) is 44.5 Å². The molecule has 4 nitrogen and oxygen atoms in total. The summed E-state index contributed by atoms with van der Waals surface area (Å²) in [5.74, 6) is -0.364. The van der Waals surface area contributed by atoms with Crippen LogP contribution >= 0.6 is 11.6 Å². The van der Waals surface area contributed by atoms with E-state index >= 15 is 0 Å². The lowest BCUT2D eigenvalue weighted by molar-refractivity contribution is 0.628. The van der Waals surface area contributed by atoms with Crippen LogP contribution in [0.5, 0.6) is 0 Å². The molecule has 0 spiro atoms. The van der Waals surface area contributed by atoms with Gasteiger partial charge in [0.15, 0.2) is 0 Å². The zero-order valence-electron chi connectivity index (χ0n) is 22.4. The maximum absolute atomic E-state index is 13.8. The second-order valence-corrected chi connectivity index (χ2v) is 9.48. The van der Waals surface area contributed by atoms with Crippen molar-refractivity contribution < 1.29 is 4.39 Å². The Balaban J connectivity index is 1.88. The number of halogens is 2. The van der Waals surface area contributed by atoms with Gasteiger partial charge in [-0.05, 0) is 96.5 Å². The van der Waals surface area contributed by atoms with E-state index in [9.17, 15) is 4.39 Å². The number of benzene rings is 2. The molecule has 0 saturated heterocycles. The van der Waals surface area contributed by atoms with E-state index in [4.69, 9.17) is 22.0 Å². The fourth-order valence-electron chi connectivity index (χ4n) is 4.29. The van der Waals surface area contributed by atoms with Crippen LogP contribution in [0.25, 0.3) is 11.1 Å². The van der Waals surface area contributed by atoms with Crippen LogP contribution in [0.1, 0.15) is 53.3 Å². The topological polar surface area (TPSA) is 60.8 Å². The molecule has 1 heterocycles. The minimum atomic E-state index is -0.364. The van der Waals surface area contributed by atoms with Gasteiger partial charge >= 0.3 is 0 Å². The van der Waals surface area contributed by atoms with Crippen LogP contribution in [0.15, 0.2) is 79.2 Å². The van der Waals surface area contributed by atoms with Gasteiger partial charge in [-0.3, -0.25) is 4.98 Å². The molecule has 0 fully saturated rings. The third kappa shape index (κ3) is 7.73. The summed E-state index contributed by atoms with van der Waals surface area (Å²) in [6.07, 6.45) is 9.82. The zero-order valence-corrected chi connectivity index (χ0v) is 23.1. The lowest BCUT2D eigenvalue weighted by atomic mass is 9.87. The van der Waals surface area contributed by atoms with Gasteiger partial charge in [-0.25, -0.2) is 4.39 Å². The molecule has 198 valence electrons. The molecular weight excluding hydrogens is 495 g/mol.